The molecule has 0 fully saturated rings. The zero-order chi connectivity index (χ0) is 26.6. The van der Waals surface area contributed by atoms with Crippen molar-refractivity contribution in [2.24, 2.45) is 5.10 Å². The van der Waals surface area contributed by atoms with Crippen molar-refractivity contribution in [3.05, 3.63) is 107 Å². The molecule has 0 bridgehead atoms. The number of hydrogen-bond donors (Lipinski definition) is 2. The minimum absolute atomic E-state index is 0. The molecule has 6 rings (SSSR count). The van der Waals surface area contributed by atoms with Crippen LogP contribution < -0.4 is 10.2 Å². The van der Waals surface area contributed by atoms with Gasteiger partial charge in [-0.3, -0.25) is 10.4 Å². The molecule has 1 aliphatic rings. The van der Waals surface area contributed by atoms with Gasteiger partial charge in [-0.25, -0.2) is 9.48 Å². The van der Waals surface area contributed by atoms with E-state index in [9.17, 15) is 4.79 Å². The van der Waals surface area contributed by atoms with Crippen LogP contribution in [0.5, 0.6) is 5.75 Å². The molecule has 9 nitrogen and oxygen atoms in total. The molecule has 5 aromatic rings. The average Bonchev–Trinajstić information content (AvgIpc) is 3.45. The third-order valence-corrected chi connectivity index (χ3v) is 6.75. The van der Waals surface area contributed by atoms with Crippen LogP contribution in [0.25, 0.3) is 16.6 Å². The molecule has 2 aromatic heterocycles. The molecule has 202 valence electrons. The van der Waals surface area contributed by atoms with Gasteiger partial charge in [0.25, 0.3) is 0 Å². The van der Waals surface area contributed by atoms with Gasteiger partial charge in [0, 0.05) is 11.1 Å². The largest absolute Gasteiger partial charge is 0.487 e. The molecule has 3 aromatic carbocycles. The van der Waals surface area contributed by atoms with Crippen LogP contribution in [0.1, 0.15) is 45.7 Å². The van der Waals surface area contributed by atoms with E-state index in [4.69, 9.17) is 14.8 Å². The summed E-state index contributed by atoms with van der Waals surface area (Å²) in [5.74, 6) is -0.265. The number of carboxylic acids is 1. The van der Waals surface area contributed by atoms with Crippen LogP contribution in [0.15, 0.2) is 84.1 Å². The van der Waals surface area contributed by atoms with Gasteiger partial charge in [0.15, 0.2) is 0 Å². The Morgan fingerprint density at radius 1 is 1.02 bits per heavy atom. The van der Waals surface area contributed by atoms with Gasteiger partial charge in [0.1, 0.15) is 18.1 Å². The molecule has 0 spiro atoms. The molecule has 10 heteroatoms. The zero-order valence-electron chi connectivity index (χ0n) is 21.5. The molecule has 0 saturated heterocycles. The van der Waals surface area contributed by atoms with E-state index in [0.29, 0.717) is 11.4 Å². The number of nitrogens with one attached hydrogen (secondary N) is 1. The number of para-hydroxylation sites is 1. The fourth-order valence-corrected chi connectivity index (χ4v) is 4.73. The van der Waals surface area contributed by atoms with Gasteiger partial charge in [-0.2, -0.15) is 5.10 Å². The number of fused-ring (bicyclic) bond motifs is 2. The highest BCUT2D eigenvalue weighted by molar-refractivity contribution is 5.94. The number of carboxylic acid groups (broad SMARTS) is 1. The number of aryl methyl sites for hydroxylation is 1. The van der Waals surface area contributed by atoms with Gasteiger partial charge in [-0.15, -0.1) is 17.5 Å². The second-order valence-corrected chi connectivity index (χ2v) is 9.37. The number of pyridine rings is 1. The number of nitrogens with zero attached hydrogens (tertiary/aromatic N) is 5. The molecule has 2 heterocycles. The van der Waals surface area contributed by atoms with E-state index < -0.39 is 5.97 Å². The number of benzene rings is 3. The number of halogens is 1. The van der Waals surface area contributed by atoms with Crippen LogP contribution in [0.2, 0.25) is 0 Å². The summed E-state index contributed by atoms with van der Waals surface area (Å²) in [4.78, 5) is 15.9. The highest BCUT2D eigenvalue weighted by atomic mass is 35.5. The van der Waals surface area contributed by atoms with E-state index in [1.165, 1.54) is 36.2 Å². The van der Waals surface area contributed by atoms with E-state index in [0.717, 1.165) is 40.7 Å². The lowest BCUT2D eigenvalue weighted by molar-refractivity contribution is 0.0697. The average molecular weight is 555 g/mol. The lowest BCUT2D eigenvalue weighted by Crippen LogP contribution is -2.09. The highest BCUT2D eigenvalue weighted by Crippen LogP contribution is 2.33. The molecular weight excluding hydrogens is 528 g/mol. The second-order valence-electron chi connectivity index (χ2n) is 9.37. The van der Waals surface area contributed by atoms with Crippen molar-refractivity contribution in [2.75, 3.05) is 5.43 Å². The molecule has 0 radical (unpaired) electrons. The summed E-state index contributed by atoms with van der Waals surface area (Å²) in [6.45, 7) is 0.252. The van der Waals surface area contributed by atoms with Gasteiger partial charge in [0.2, 0.25) is 0 Å². The first kappa shape index (κ1) is 26.8. The predicted octanol–water partition coefficient (Wildman–Crippen LogP) is 5.84. The minimum atomic E-state index is -0.969. The first-order chi connectivity index (χ1) is 19.1. The topological polar surface area (TPSA) is 115 Å². The van der Waals surface area contributed by atoms with Gasteiger partial charge < -0.3 is 9.84 Å². The summed E-state index contributed by atoms with van der Waals surface area (Å²) in [6, 6.07) is 22.3. The molecule has 0 aliphatic heterocycles. The van der Waals surface area contributed by atoms with Crippen LogP contribution in [-0.4, -0.2) is 37.3 Å². The number of hydrazone groups is 1. The highest BCUT2D eigenvalue weighted by Gasteiger charge is 2.17. The Labute approximate surface area is 236 Å². The summed E-state index contributed by atoms with van der Waals surface area (Å²) in [7, 11) is 0. The first-order valence-corrected chi connectivity index (χ1v) is 12.8. The van der Waals surface area contributed by atoms with E-state index >= 15 is 0 Å². The Morgan fingerprint density at radius 2 is 1.80 bits per heavy atom. The molecule has 0 saturated carbocycles. The number of anilines is 1. The van der Waals surface area contributed by atoms with E-state index in [2.05, 4.69) is 33.0 Å². The standard InChI is InChI=1S/C30H26N6O3.ClH/c37-30(38)21-11-13-23(14-12-21)36-18-22(33-35-36)19-39-24-15-9-20(10-16-24)17-31-34-29-25-5-1-3-7-27(25)32-28-8-4-2-6-26(28)29;/h1,3,5,7,9-18H,2,4,6,8,19H2,(H,32,34)(H,37,38);1H/b31-17+;. The fraction of sp³-hybridized carbons (Fsp3) is 0.167. The van der Waals surface area contributed by atoms with Crippen LogP contribution in [0.4, 0.5) is 5.69 Å². The summed E-state index contributed by atoms with van der Waals surface area (Å²) in [5.41, 5.74) is 10.3. The molecule has 0 amide bonds. The fourth-order valence-electron chi connectivity index (χ4n) is 4.73. The molecule has 1 aliphatic carbocycles. The summed E-state index contributed by atoms with van der Waals surface area (Å²) in [5, 5.41) is 22.9. The lowest BCUT2D eigenvalue weighted by Gasteiger charge is -2.20. The smallest absolute Gasteiger partial charge is 0.335 e. The van der Waals surface area contributed by atoms with Gasteiger partial charge in [-0.1, -0.05) is 23.4 Å². The Bertz CT molecular complexity index is 1670. The quantitative estimate of drug-likeness (QED) is 0.183. The van der Waals surface area contributed by atoms with Crippen molar-refractivity contribution in [3.8, 4) is 11.4 Å². The Hall–Kier alpha value is -4.76. The van der Waals surface area contributed by atoms with E-state index in [-0.39, 0.29) is 24.6 Å². The van der Waals surface area contributed by atoms with Crippen LogP contribution in [-0.2, 0) is 19.4 Å². The third-order valence-electron chi connectivity index (χ3n) is 6.75. The first-order valence-electron chi connectivity index (χ1n) is 12.8. The third kappa shape index (κ3) is 5.79. The van der Waals surface area contributed by atoms with E-state index in [1.54, 1.807) is 29.2 Å². The second kappa shape index (κ2) is 12.0. The number of rotatable bonds is 8. The monoisotopic (exact) mass is 554 g/mol. The normalized spacial score (nSPS) is 12.6. The summed E-state index contributed by atoms with van der Waals surface area (Å²) in [6.07, 6.45) is 7.93. The van der Waals surface area contributed by atoms with Gasteiger partial charge in [0.05, 0.1) is 34.9 Å². The van der Waals surface area contributed by atoms with E-state index in [1.807, 2.05) is 36.4 Å². The van der Waals surface area contributed by atoms with Crippen molar-refractivity contribution in [1.29, 1.82) is 0 Å². The molecular formula is C30H27ClN6O3. The Kier molecular flexibility index (Phi) is 8.02. The summed E-state index contributed by atoms with van der Waals surface area (Å²) >= 11 is 0. The number of aromatic carboxylic acids is 1. The van der Waals surface area contributed by atoms with Crippen molar-refractivity contribution in [1.82, 2.24) is 20.0 Å². The van der Waals surface area contributed by atoms with Crippen LogP contribution >= 0.6 is 12.4 Å². The van der Waals surface area contributed by atoms with Crippen molar-refractivity contribution in [3.63, 3.8) is 0 Å². The van der Waals surface area contributed by atoms with Gasteiger partial charge in [-0.05, 0) is 91.4 Å². The minimum Gasteiger partial charge on any atom is -0.487 e. The summed E-state index contributed by atoms with van der Waals surface area (Å²) < 4.78 is 7.45. The Balaban J connectivity index is 0.00000323. The number of aromatic nitrogens is 4. The maximum Gasteiger partial charge on any atom is 0.335 e. The predicted molar refractivity (Wildman–Crippen MR) is 156 cm³/mol. The lowest BCUT2D eigenvalue weighted by atomic mass is 9.93. The van der Waals surface area contributed by atoms with Gasteiger partial charge >= 0.3 is 5.97 Å². The number of hydrogen-bond acceptors (Lipinski definition) is 7. The van der Waals surface area contributed by atoms with Crippen molar-refractivity contribution >= 4 is 41.2 Å². The Morgan fingerprint density at radius 3 is 2.60 bits per heavy atom. The maximum absolute atomic E-state index is 11.0. The molecule has 40 heavy (non-hydrogen) atoms. The number of carbonyl (C=O) groups is 1. The van der Waals surface area contributed by atoms with Crippen molar-refractivity contribution in [2.45, 2.75) is 32.3 Å². The molecule has 2 N–H and O–H groups in total. The molecule has 0 unspecified atom stereocenters. The van der Waals surface area contributed by atoms with Crippen LogP contribution in [0.3, 0.4) is 0 Å². The SMILES string of the molecule is Cl.O=C(O)c1ccc(-n2cc(COc3ccc(/C=N/Nc4c5c(nc6ccccc46)CCCC5)cc3)nn2)cc1. The van der Waals surface area contributed by atoms with Crippen molar-refractivity contribution < 1.29 is 14.6 Å². The number of ether oxygens (including phenoxy) is 1. The maximum atomic E-state index is 11.0. The zero-order valence-corrected chi connectivity index (χ0v) is 22.3. The molecule has 0 atom stereocenters. The van der Waals surface area contributed by atoms with Crippen LogP contribution in [0, 0.1) is 0 Å².